The molecule has 2 N–H and O–H groups in total. The molecule has 2 aromatic rings. The Morgan fingerprint density at radius 2 is 1.91 bits per heavy atom. The lowest BCUT2D eigenvalue weighted by Crippen LogP contribution is -2.34. The first-order valence-corrected chi connectivity index (χ1v) is 13.3. The highest BCUT2D eigenvalue weighted by molar-refractivity contribution is 7.18. The minimum Gasteiger partial charge on any atom is -0.442 e. The Hall–Kier alpha value is -2.78. The highest BCUT2D eigenvalue weighted by Crippen LogP contribution is 2.35. The number of cyclic esters (lactones) is 1. The Balaban J connectivity index is 1.47. The number of amides is 3. The zero-order valence-corrected chi connectivity index (χ0v) is 21.6. The van der Waals surface area contributed by atoms with E-state index in [9.17, 15) is 14.4 Å². The fourth-order valence-corrected chi connectivity index (χ4v) is 5.45. The number of thiophene rings is 1. The zero-order valence-electron chi connectivity index (χ0n) is 20.0. The van der Waals surface area contributed by atoms with Gasteiger partial charge in [0, 0.05) is 24.7 Å². The van der Waals surface area contributed by atoms with Gasteiger partial charge >= 0.3 is 6.09 Å². The minimum atomic E-state index is -0.484. The third kappa shape index (κ3) is 5.90. The number of hydrogen-bond donors (Lipinski definition) is 2. The van der Waals surface area contributed by atoms with E-state index < -0.39 is 12.2 Å². The van der Waals surface area contributed by atoms with Crippen LogP contribution in [0.3, 0.4) is 0 Å². The third-order valence-electron chi connectivity index (χ3n) is 6.51. The number of carbonyl (C=O) groups excluding carboxylic acids is 3. The normalized spacial score (nSPS) is 17.7. The molecule has 1 aromatic heterocycles. The van der Waals surface area contributed by atoms with E-state index in [-0.39, 0.29) is 24.3 Å². The molecule has 1 aromatic carbocycles. The lowest BCUT2D eigenvalue weighted by Gasteiger charge is -2.24. The van der Waals surface area contributed by atoms with Crippen LogP contribution in [0.1, 0.15) is 49.2 Å². The van der Waals surface area contributed by atoms with Gasteiger partial charge in [-0.2, -0.15) is 0 Å². The van der Waals surface area contributed by atoms with Crippen molar-refractivity contribution in [3.63, 3.8) is 0 Å². The van der Waals surface area contributed by atoms with E-state index in [1.807, 2.05) is 32.0 Å². The number of rotatable bonds is 9. The van der Waals surface area contributed by atoms with Crippen molar-refractivity contribution in [3.05, 3.63) is 39.5 Å². The second kappa shape index (κ2) is 11.3. The Morgan fingerprint density at radius 3 is 2.57 bits per heavy atom. The van der Waals surface area contributed by atoms with Crippen LogP contribution in [0.5, 0.6) is 0 Å². The molecule has 3 heterocycles. The highest BCUT2D eigenvalue weighted by atomic mass is 35.5. The molecular formula is C25H31ClN4O4S. The first kappa shape index (κ1) is 25.3. The quantitative estimate of drug-likeness (QED) is 0.480. The van der Waals surface area contributed by atoms with Gasteiger partial charge in [0.05, 0.1) is 33.7 Å². The maximum atomic E-state index is 12.9. The fraction of sp³-hybridized carbons (Fsp3) is 0.480. The van der Waals surface area contributed by atoms with Crippen LogP contribution in [-0.4, -0.2) is 50.2 Å². The zero-order chi connectivity index (χ0) is 24.9. The van der Waals surface area contributed by atoms with Crippen LogP contribution < -0.4 is 20.4 Å². The summed E-state index contributed by atoms with van der Waals surface area (Å²) in [5.74, 6) is -0.323. The summed E-state index contributed by atoms with van der Waals surface area (Å²) < 4.78 is 6.04. The lowest BCUT2D eigenvalue weighted by atomic mass is 10.0. The van der Waals surface area contributed by atoms with Crippen molar-refractivity contribution in [1.29, 1.82) is 0 Å². The number of nitrogens with zero attached hydrogens (tertiary/aromatic N) is 2. The van der Waals surface area contributed by atoms with Crippen LogP contribution in [-0.2, 0) is 9.53 Å². The molecule has 1 atom stereocenters. The Bertz CT molecular complexity index is 1080. The van der Waals surface area contributed by atoms with Crippen molar-refractivity contribution < 1.29 is 19.1 Å². The maximum absolute atomic E-state index is 12.9. The summed E-state index contributed by atoms with van der Waals surface area (Å²) in [4.78, 5) is 42.2. The van der Waals surface area contributed by atoms with Crippen molar-refractivity contribution in [1.82, 2.24) is 5.32 Å². The van der Waals surface area contributed by atoms with E-state index in [1.54, 1.807) is 17.0 Å². The fourth-order valence-electron chi connectivity index (χ4n) is 4.49. The van der Waals surface area contributed by atoms with E-state index in [0.29, 0.717) is 27.1 Å². The Labute approximate surface area is 214 Å². The number of anilines is 3. The van der Waals surface area contributed by atoms with Crippen LogP contribution in [0.2, 0.25) is 4.34 Å². The average molecular weight is 519 g/mol. The van der Waals surface area contributed by atoms with E-state index in [2.05, 4.69) is 15.5 Å². The molecule has 1 unspecified atom stereocenters. The average Bonchev–Trinajstić information content (AvgIpc) is 3.60. The van der Waals surface area contributed by atoms with Gasteiger partial charge in [0.2, 0.25) is 5.91 Å². The summed E-state index contributed by atoms with van der Waals surface area (Å²) in [6, 6.07) is 9.03. The molecule has 0 spiro atoms. The molecule has 188 valence electrons. The largest absolute Gasteiger partial charge is 0.442 e. The van der Waals surface area contributed by atoms with Gasteiger partial charge < -0.3 is 20.3 Å². The van der Waals surface area contributed by atoms with Crippen molar-refractivity contribution in [2.24, 2.45) is 5.92 Å². The first-order chi connectivity index (χ1) is 16.9. The summed E-state index contributed by atoms with van der Waals surface area (Å²) >= 11 is 7.10. The van der Waals surface area contributed by atoms with Gasteiger partial charge in [-0.3, -0.25) is 14.5 Å². The number of halogens is 1. The molecule has 0 aliphatic carbocycles. The van der Waals surface area contributed by atoms with Crippen molar-refractivity contribution in [2.45, 2.75) is 45.6 Å². The van der Waals surface area contributed by atoms with E-state index in [1.165, 1.54) is 11.3 Å². The molecule has 2 fully saturated rings. The molecule has 2 aliphatic rings. The Kier molecular flexibility index (Phi) is 8.18. The van der Waals surface area contributed by atoms with Gasteiger partial charge in [0.1, 0.15) is 6.10 Å². The molecule has 35 heavy (non-hydrogen) atoms. The Morgan fingerprint density at radius 1 is 1.17 bits per heavy atom. The molecule has 0 saturated carbocycles. The van der Waals surface area contributed by atoms with Crippen molar-refractivity contribution in [3.8, 4) is 0 Å². The van der Waals surface area contributed by atoms with Crippen molar-refractivity contribution >= 4 is 57.9 Å². The number of nitrogens with one attached hydrogen (secondary N) is 2. The van der Waals surface area contributed by atoms with Gasteiger partial charge in [-0.1, -0.05) is 25.4 Å². The molecule has 2 saturated heterocycles. The number of benzene rings is 1. The smallest absolute Gasteiger partial charge is 0.414 e. The van der Waals surface area contributed by atoms with Crippen LogP contribution in [0.4, 0.5) is 21.9 Å². The predicted molar refractivity (Wildman–Crippen MR) is 140 cm³/mol. The van der Waals surface area contributed by atoms with Gasteiger partial charge in [-0.05, 0) is 56.0 Å². The second-order valence-corrected chi connectivity index (χ2v) is 10.5. The summed E-state index contributed by atoms with van der Waals surface area (Å²) in [7, 11) is 0. The molecule has 10 heteroatoms. The van der Waals surface area contributed by atoms with E-state index in [0.717, 1.165) is 44.5 Å². The SMILES string of the molecule is CCC(CC)C(=O)Nc1cc(N2CC(CNC(=O)c3ccc(Cl)s3)OC2=O)ccc1N1CCCC1. The topological polar surface area (TPSA) is 91.0 Å². The number of hydrogen-bond acceptors (Lipinski definition) is 6. The van der Waals surface area contributed by atoms with Gasteiger partial charge in [0.15, 0.2) is 0 Å². The summed E-state index contributed by atoms with van der Waals surface area (Å²) in [5.41, 5.74) is 2.33. The molecule has 3 amide bonds. The highest BCUT2D eigenvalue weighted by Gasteiger charge is 2.33. The summed E-state index contributed by atoms with van der Waals surface area (Å²) in [6.07, 6.45) is 2.81. The summed E-state index contributed by atoms with van der Waals surface area (Å²) in [6.45, 7) is 6.40. The van der Waals surface area contributed by atoms with Crippen LogP contribution in [0.15, 0.2) is 30.3 Å². The van der Waals surface area contributed by atoms with Crippen molar-refractivity contribution in [2.75, 3.05) is 41.3 Å². The minimum absolute atomic E-state index is 0.00846. The second-order valence-electron chi connectivity index (χ2n) is 8.83. The standard InChI is InChI=1S/C25H31ClN4O4S/c1-3-16(4-2)23(31)28-19-13-17(7-8-20(19)29-11-5-6-12-29)30-15-18(34-25(30)33)14-27-24(32)21-9-10-22(26)35-21/h7-10,13,16,18H,3-6,11-12,14-15H2,1-2H3,(H,27,32)(H,28,31). The van der Waals surface area contributed by atoms with Gasteiger partial charge in [-0.25, -0.2) is 4.79 Å². The molecule has 0 radical (unpaired) electrons. The van der Waals surface area contributed by atoms with E-state index in [4.69, 9.17) is 16.3 Å². The monoisotopic (exact) mass is 518 g/mol. The molecule has 8 nitrogen and oxygen atoms in total. The molecular weight excluding hydrogens is 488 g/mol. The number of carbonyl (C=O) groups is 3. The lowest BCUT2D eigenvalue weighted by molar-refractivity contribution is -0.120. The van der Waals surface area contributed by atoms with Crippen LogP contribution in [0, 0.1) is 5.92 Å². The summed E-state index contributed by atoms with van der Waals surface area (Å²) in [5, 5.41) is 5.91. The number of ether oxygens (including phenoxy) is 1. The molecule has 2 aliphatic heterocycles. The van der Waals surface area contributed by atoms with E-state index >= 15 is 0 Å². The van der Waals surface area contributed by atoms with Gasteiger partial charge in [0.25, 0.3) is 5.91 Å². The molecule has 0 bridgehead atoms. The van der Waals surface area contributed by atoms with Gasteiger partial charge in [-0.15, -0.1) is 11.3 Å². The predicted octanol–water partition coefficient (Wildman–Crippen LogP) is 5.13. The van der Waals surface area contributed by atoms with Crippen LogP contribution in [0.25, 0.3) is 0 Å². The van der Waals surface area contributed by atoms with Crippen LogP contribution >= 0.6 is 22.9 Å². The first-order valence-electron chi connectivity index (χ1n) is 12.1. The maximum Gasteiger partial charge on any atom is 0.414 e. The molecule has 4 rings (SSSR count). The third-order valence-corrected chi connectivity index (χ3v) is 7.74.